The summed E-state index contributed by atoms with van der Waals surface area (Å²) in [4.78, 5) is 28.3. The van der Waals surface area contributed by atoms with E-state index < -0.39 is 5.97 Å². The van der Waals surface area contributed by atoms with Crippen LogP contribution in [0.15, 0.2) is 12.3 Å². The van der Waals surface area contributed by atoms with Crippen LogP contribution in [-0.2, 0) is 22.5 Å². The average molecular weight is 301 g/mol. The van der Waals surface area contributed by atoms with E-state index in [9.17, 15) is 9.59 Å². The minimum Gasteiger partial charge on any atom is -0.480 e. The number of carboxylic acid groups (broad SMARTS) is 1. The Balaban J connectivity index is 0.00000200. The number of aliphatic carboxylic acids is 1. The number of carbonyl (C=O) groups excluding carboxylic acids is 1. The zero-order valence-corrected chi connectivity index (χ0v) is 12.0. The third-order valence-electron chi connectivity index (χ3n) is 3.00. The standard InChI is InChI=1S/C13H16N2O4.ClH/c1-2-19-13(18)10-5-9-3-4-15(8-12(16)17)7-11(9)14-6-10;/h5-6H,2-4,7-8H2,1H3,(H,16,17);1H. The molecular weight excluding hydrogens is 284 g/mol. The van der Waals surface area contributed by atoms with E-state index in [0.29, 0.717) is 31.7 Å². The van der Waals surface area contributed by atoms with Crippen LogP contribution in [-0.4, -0.2) is 46.6 Å². The second-order valence-electron chi connectivity index (χ2n) is 4.40. The maximum atomic E-state index is 11.6. The van der Waals surface area contributed by atoms with Gasteiger partial charge in [0.25, 0.3) is 0 Å². The number of rotatable bonds is 4. The Labute approximate surface area is 123 Å². The molecule has 0 saturated carbocycles. The number of carbonyl (C=O) groups is 2. The van der Waals surface area contributed by atoms with E-state index in [-0.39, 0.29) is 24.9 Å². The van der Waals surface area contributed by atoms with E-state index in [1.165, 1.54) is 6.20 Å². The van der Waals surface area contributed by atoms with Crippen molar-refractivity contribution in [3.05, 3.63) is 29.1 Å². The first-order chi connectivity index (χ1) is 9.10. The lowest BCUT2D eigenvalue weighted by Crippen LogP contribution is -2.35. The number of esters is 1. The van der Waals surface area contributed by atoms with Gasteiger partial charge in [0.2, 0.25) is 0 Å². The SMILES string of the molecule is CCOC(=O)c1cnc2c(c1)CCN(CC(=O)O)C2.Cl. The monoisotopic (exact) mass is 300 g/mol. The van der Waals surface area contributed by atoms with Gasteiger partial charge in [-0.2, -0.15) is 0 Å². The first kappa shape index (κ1) is 16.4. The van der Waals surface area contributed by atoms with Gasteiger partial charge >= 0.3 is 11.9 Å². The van der Waals surface area contributed by atoms with Crippen LogP contribution in [0.3, 0.4) is 0 Å². The van der Waals surface area contributed by atoms with Crippen LogP contribution in [0.25, 0.3) is 0 Å². The minimum absolute atomic E-state index is 0. The fourth-order valence-corrected chi connectivity index (χ4v) is 2.12. The third kappa shape index (κ3) is 3.91. The van der Waals surface area contributed by atoms with Gasteiger partial charge in [0, 0.05) is 19.3 Å². The van der Waals surface area contributed by atoms with Gasteiger partial charge in [-0.3, -0.25) is 14.7 Å². The fourth-order valence-electron chi connectivity index (χ4n) is 2.12. The Morgan fingerprint density at radius 1 is 1.50 bits per heavy atom. The van der Waals surface area contributed by atoms with Gasteiger partial charge in [0.15, 0.2) is 0 Å². The number of carboxylic acids is 1. The highest BCUT2D eigenvalue weighted by atomic mass is 35.5. The summed E-state index contributed by atoms with van der Waals surface area (Å²) in [5.74, 6) is -1.21. The van der Waals surface area contributed by atoms with Crippen LogP contribution in [0, 0.1) is 0 Å². The first-order valence-corrected chi connectivity index (χ1v) is 6.19. The lowest BCUT2D eigenvalue weighted by molar-refractivity contribution is -0.138. The van der Waals surface area contributed by atoms with Gasteiger partial charge in [-0.05, 0) is 25.0 Å². The summed E-state index contributed by atoms with van der Waals surface area (Å²) in [7, 11) is 0. The summed E-state index contributed by atoms with van der Waals surface area (Å²) < 4.78 is 4.93. The Morgan fingerprint density at radius 2 is 2.25 bits per heavy atom. The van der Waals surface area contributed by atoms with Crippen LogP contribution in [0.5, 0.6) is 0 Å². The van der Waals surface area contributed by atoms with Crippen LogP contribution in [0.1, 0.15) is 28.5 Å². The molecule has 1 aromatic rings. The van der Waals surface area contributed by atoms with Gasteiger partial charge < -0.3 is 9.84 Å². The minimum atomic E-state index is -0.841. The molecule has 0 saturated heterocycles. The zero-order chi connectivity index (χ0) is 13.8. The third-order valence-corrected chi connectivity index (χ3v) is 3.00. The molecule has 2 rings (SSSR count). The molecule has 7 heteroatoms. The van der Waals surface area contributed by atoms with Gasteiger partial charge in [-0.1, -0.05) is 0 Å². The first-order valence-electron chi connectivity index (χ1n) is 6.19. The molecule has 1 N–H and O–H groups in total. The molecule has 1 aliphatic heterocycles. The molecule has 2 heterocycles. The van der Waals surface area contributed by atoms with E-state index in [4.69, 9.17) is 9.84 Å². The molecule has 1 aromatic heterocycles. The second kappa shape index (κ2) is 7.21. The molecule has 0 radical (unpaired) electrons. The number of aromatic nitrogens is 1. The molecule has 1 aliphatic rings. The highest BCUT2D eigenvalue weighted by Gasteiger charge is 2.20. The molecule has 0 fully saturated rings. The smallest absolute Gasteiger partial charge is 0.339 e. The molecule has 0 atom stereocenters. The number of halogens is 1. The summed E-state index contributed by atoms with van der Waals surface area (Å²) >= 11 is 0. The quantitative estimate of drug-likeness (QED) is 0.840. The molecule has 110 valence electrons. The van der Waals surface area contributed by atoms with Crippen molar-refractivity contribution < 1.29 is 19.4 Å². The normalized spacial score (nSPS) is 14.1. The van der Waals surface area contributed by atoms with E-state index in [1.807, 2.05) is 4.90 Å². The van der Waals surface area contributed by atoms with Crippen LogP contribution in [0.2, 0.25) is 0 Å². The highest BCUT2D eigenvalue weighted by molar-refractivity contribution is 5.89. The predicted molar refractivity (Wildman–Crippen MR) is 74.1 cm³/mol. The predicted octanol–water partition coefficient (Wildman–Crippen LogP) is 1.12. The lowest BCUT2D eigenvalue weighted by atomic mass is 10.0. The Kier molecular flexibility index (Phi) is 5.91. The molecule has 0 unspecified atom stereocenters. The van der Waals surface area contributed by atoms with Crippen molar-refractivity contribution in [3.8, 4) is 0 Å². The van der Waals surface area contributed by atoms with Gasteiger partial charge in [0.05, 0.1) is 24.4 Å². The number of nitrogens with zero attached hydrogens (tertiary/aromatic N) is 2. The maximum absolute atomic E-state index is 11.6. The number of hydrogen-bond acceptors (Lipinski definition) is 5. The maximum Gasteiger partial charge on any atom is 0.339 e. The number of pyridine rings is 1. The molecule has 0 amide bonds. The summed E-state index contributed by atoms with van der Waals surface area (Å²) in [5, 5.41) is 8.77. The van der Waals surface area contributed by atoms with Crippen molar-refractivity contribution in [3.63, 3.8) is 0 Å². The lowest BCUT2D eigenvalue weighted by Gasteiger charge is -2.26. The highest BCUT2D eigenvalue weighted by Crippen LogP contribution is 2.18. The van der Waals surface area contributed by atoms with E-state index in [0.717, 1.165) is 11.3 Å². The van der Waals surface area contributed by atoms with Crippen LogP contribution in [0.4, 0.5) is 0 Å². The molecule has 20 heavy (non-hydrogen) atoms. The summed E-state index contributed by atoms with van der Waals surface area (Å²) in [6.07, 6.45) is 2.18. The van der Waals surface area contributed by atoms with E-state index in [1.54, 1.807) is 13.0 Å². The van der Waals surface area contributed by atoms with Crippen LogP contribution >= 0.6 is 12.4 Å². The number of fused-ring (bicyclic) bond motifs is 1. The molecular formula is C13H17ClN2O4. The molecule has 6 nitrogen and oxygen atoms in total. The number of hydrogen-bond donors (Lipinski definition) is 1. The topological polar surface area (TPSA) is 79.7 Å². The summed E-state index contributed by atoms with van der Waals surface area (Å²) in [6.45, 7) is 3.27. The van der Waals surface area contributed by atoms with Crippen molar-refractivity contribution in [2.75, 3.05) is 19.7 Å². The average Bonchev–Trinajstić information content (AvgIpc) is 2.37. The Morgan fingerprint density at radius 3 is 2.90 bits per heavy atom. The van der Waals surface area contributed by atoms with E-state index >= 15 is 0 Å². The largest absolute Gasteiger partial charge is 0.480 e. The molecule has 0 spiro atoms. The van der Waals surface area contributed by atoms with Crippen molar-refractivity contribution in [2.45, 2.75) is 19.9 Å². The summed E-state index contributed by atoms with van der Waals surface area (Å²) in [5.41, 5.74) is 2.28. The van der Waals surface area contributed by atoms with Gasteiger partial charge in [0.1, 0.15) is 0 Å². The Bertz CT molecular complexity index is 507. The fraction of sp³-hybridized carbons (Fsp3) is 0.462. The van der Waals surface area contributed by atoms with Crippen molar-refractivity contribution >= 4 is 24.3 Å². The van der Waals surface area contributed by atoms with Crippen LogP contribution < -0.4 is 0 Å². The van der Waals surface area contributed by atoms with Gasteiger partial charge in [-0.25, -0.2) is 4.79 Å². The second-order valence-corrected chi connectivity index (χ2v) is 4.40. The van der Waals surface area contributed by atoms with Crippen molar-refractivity contribution in [2.24, 2.45) is 0 Å². The summed E-state index contributed by atoms with van der Waals surface area (Å²) in [6, 6.07) is 1.79. The van der Waals surface area contributed by atoms with E-state index in [2.05, 4.69) is 4.98 Å². The number of ether oxygens (including phenoxy) is 1. The Hall–Kier alpha value is -1.66. The zero-order valence-electron chi connectivity index (χ0n) is 11.2. The molecule has 0 aliphatic carbocycles. The molecule has 0 aromatic carbocycles. The molecule has 0 bridgehead atoms. The van der Waals surface area contributed by atoms with Crippen molar-refractivity contribution in [1.82, 2.24) is 9.88 Å². The van der Waals surface area contributed by atoms with Crippen molar-refractivity contribution in [1.29, 1.82) is 0 Å². The van der Waals surface area contributed by atoms with Gasteiger partial charge in [-0.15, -0.1) is 12.4 Å².